The molecule has 0 aromatic carbocycles. The number of ether oxygens (including phenoxy) is 1. The van der Waals surface area contributed by atoms with Gasteiger partial charge < -0.3 is 19.4 Å². The van der Waals surface area contributed by atoms with E-state index < -0.39 is 0 Å². The maximum absolute atomic E-state index is 12.6. The lowest BCUT2D eigenvalue weighted by atomic mass is 10.2. The van der Waals surface area contributed by atoms with Gasteiger partial charge in [-0.3, -0.25) is 9.59 Å². The Morgan fingerprint density at radius 3 is 2.68 bits per heavy atom. The van der Waals surface area contributed by atoms with E-state index in [1.165, 1.54) is 0 Å². The van der Waals surface area contributed by atoms with Crippen molar-refractivity contribution in [2.45, 2.75) is 39.2 Å². The van der Waals surface area contributed by atoms with Crippen molar-refractivity contribution in [3.8, 4) is 0 Å². The van der Waals surface area contributed by atoms with Gasteiger partial charge in [-0.05, 0) is 32.8 Å². The Hall–Kier alpha value is -1.82. The standard InChI is InChI=1S/C16H24N2O4/c1-11-10-14(12(2)22-11)16(20)18(13-4-5-13)8-6-15(19)17-7-9-21-3/h10,13H,4-9H2,1-3H3,(H,17,19). The zero-order chi connectivity index (χ0) is 16.1. The summed E-state index contributed by atoms with van der Waals surface area (Å²) >= 11 is 0. The molecule has 122 valence electrons. The maximum Gasteiger partial charge on any atom is 0.257 e. The lowest BCUT2D eigenvalue weighted by Crippen LogP contribution is -2.37. The van der Waals surface area contributed by atoms with Crippen LogP contribution in [0.1, 0.15) is 41.1 Å². The molecule has 1 saturated carbocycles. The molecule has 1 aliphatic rings. The molecule has 1 N–H and O–H groups in total. The van der Waals surface area contributed by atoms with Crippen molar-refractivity contribution in [2.75, 3.05) is 26.8 Å². The van der Waals surface area contributed by atoms with E-state index in [1.807, 2.05) is 6.92 Å². The van der Waals surface area contributed by atoms with Gasteiger partial charge in [-0.15, -0.1) is 0 Å². The van der Waals surface area contributed by atoms with Crippen LogP contribution in [0.15, 0.2) is 10.5 Å². The Morgan fingerprint density at radius 2 is 2.14 bits per heavy atom. The van der Waals surface area contributed by atoms with Crippen molar-refractivity contribution >= 4 is 11.8 Å². The Kier molecular flexibility index (Phi) is 5.60. The van der Waals surface area contributed by atoms with Crippen molar-refractivity contribution in [1.29, 1.82) is 0 Å². The van der Waals surface area contributed by atoms with E-state index in [0.29, 0.717) is 37.4 Å². The van der Waals surface area contributed by atoms with Gasteiger partial charge in [0.1, 0.15) is 11.5 Å². The van der Waals surface area contributed by atoms with E-state index >= 15 is 0 Å². The average Bonchev–Trinajstić information content (AvgIpc) is 3.24. The minimum Gasteiger partial charge on any atom is -0.466 e. The van der Waals surface area contributed by atoms with E-state index in [1.54, 1.807) is 25.0 Å². The summed E-state index contributed by atoms with van der Waals surface area (Å²) in [6.45, 7) is 5.04. The normalized spacial score (nSPS) is 14.0. The highest BCUT2D eigenvalue weighted by Gasteiger charge is 2.34. The largest absolute Gasteiger partial charge is 0.466 e. The third-order valence-corrected chi connectivity index (χ3v) is 3.73. The summed E-state index contributed by atoms with van der Waals surface area (Å²) in [5.41, 5.74) is 0.601. The van der Waals surface area contributed by atoms with E-state index in [0.717, 1.165) is 18.6 Å². The Morgan fingerprint density at radius 1 is 1.41 bits per heavy atom. The maximum atomic E-state index is 12.6. The number of hydrogen-bond donors (Lipinski definition) is 1. The molecule has 1 aromatic heterocycles. The Bertz CT molecular complexity index is 534. The van der Waals surface area contributed by atoms with Gasteiger partial charge in [-0.1, -0.05) is 0 Å². The summed E-state index contributed by atoms with van der Waals surface area (Å²) < 4.78 is 10.3. The summed E-state index contributed by atoms with van der Waals surface area (Å²) in [7, 11) is 1.59. The molecular formula is C16H24N2O4. The first kappa shape index (κ1) is 16.5. The first-order valence-corrected chi connectivity index (χ1v) is 7.66. The minimum absolute atomic E-state index is 0.0402. The number of nitrogens with zero attached hydrogens (tertiary/aromatic N) is 1. The van der Waals surface area contributed by atoms with Crippen LogP contribution in [-0.2, 0) is 9.53 Å². The second kappa shape index (κ2) is 7.45. The van der Waals surface area contributed by atoms with Crippen molar-refractivity contribution in [3.05, 3.63) is 23.2 Å². The highest BCUT2D eigenvalue weighted by atomic mass is 16.5. The van der Waals surface area contributed by atoms with E-state index in [-0.39, 0.29) is 17.9 Å². The fourth-order valence-corrected chi connectivity index (χ4v) is 2.44. The van der Waals surface area contributed by atoms with Crippen LogP contribution in [0.25, 0.3) is 0 Å². The van der Waals surface area contributed by atoms with Crippen LogP contribution < -0.4 is 5.32 Å². The van der Waals surface area contributed by atoms with Crippen LogP contribution >= 0.6 is 0 Å². The summed E-state index contributed by atoms with van der Waals surface area (Å²) in [5.74, 6) is 1.27. The highest BCUT2D eigenvalue weighted by Crippen LogP contribution is 2.29. The van der Waals surface area contributed by atoms with Gasteiger partial charge in [0, 0.05) is 32.7 Å². The van der Waals surface area contributed by atoms with Crippen LogP contribution in [-0.4, -0.2) is 49.6 Å². The lowest BCUT2D eigenvalue weighted by Gasteiger charge is -2.22. The monoisotopic (exact) mass is 308 g/mol. The third-order valence-electron chi connectivity index (χ3n) is 3.73. The quantitative estimate of drug-likeness (QED) is 0.741. The number of rotatable bonds is 8. The molecule has 0 atom stereocenters. The van der Waals surface area contributed by atoms with Crippen LogP contribution in [0.3, 0.4) is 0 Å². The number of methoxy groups -OCH3 is 1. The number of carbonyl (C=O) groups excluding carboxylic acids is 2. The topological polar surface area (TPSA) is 71.8 Å². The van der Waals surface area contributed by atoms with Crippen molar-refractivity contribution in [3.63, 3.8) is 0 Å². The molecule has 0 unspecified atom stereocenters. The number of carbonyl (C=O) groups is 2. The van der Waals surface area contributed by atoms with Gasteiger partial charge in [-0.25, -0.2) is 0 Å². The van der Waals surface area contributed by atoms with Crippen LogP contribution in [0, 0.1) is 13.8 Å². The molecule has 0 aliphatic heterocycles. The van der Waals surface area contributed by atoms with E-state index in [9.17, 15) is 9.59 Å². The number of amides is 2. The third kappa shape index (κ3) is 4.34. The average molecular weight is 308 g/mol. The van der Waals surface area contributed by atoms with Gasteiger partial charge in [-0.2, -0.15) is 0 Å². The molecule has 22 heavy (non-hydrogen) atoms. The summed E-state index contributed by atoms with van der Waals surface area (Å²) in [6.07, 6.45) is 2.32. The predicted octanol–water partition coefficient (Wildman–Crippen LogP) is 1.65. The summed E-state index contributed by atoms with van der Waals surface area (Å²) in [6, 6.07) is 2.03. The molecule has 2 rings (SSSR count). The molecule has 1 aliphatic carbocycles. The van der Waals surface area contributed by atoms with Crippen LogP contribution in [0.5, 0.6) is 0 Å². The highest BCUT2D eigenvalue weighted by molar-refractivity contribution is 5.96. The second-order valence-corrected chi connectivity index (χ2v) is 5.65. The molecule has 0 saturated heterocycles. The zero-order valence-corrected chi connectivity index (χ0v) is 13.5. The van der Waals surface area contributed by atoms with Gasteiger partial charge >= 0.3 is 0 Å². The van der Waals surface area contributed by atoms with Crippen molar-refractivity contribution < 1.29 is 18.7 Å². The molecule has 6 heteroatoms. The van der Waals surface area contributed by atoms with E-state index in [4.69, 9.17) is 9.15 Å². The molecule has 6 nitrogen and oxygen atoms in total. The molecule has 0 bridgehead atoms. The molecule has 1 fully saturated rings. The summed E-state index contributed by atoms with van der Waals surface area (Å²) in [4.78, 5) is 26.2. The second-order valence-electron chi connectivity index (χ2n) is 5.65. The summed E-state index contributed by atoms with van der Waals surface area (Å²) in [5, 5.41) is 2.77. The van der Waals surface area contributed by atoms with Crippen molar-refractivity contribution in [1.82, 2.24) is 10.2 Å². The zero-order valence-electron chi connectivity index (χ0n) is 13.5. The number of hydrogen-bond acceptors (Lipinski definition) is 4. The first-order chi connectivity index (χ1) is 10.5. The van der Waals surface area contributed by atoms with Crippen molar-refractivity contribution in [2.24, 2.45) is 0 Å². The van der Waals surface area contributed by atoms with Gasteiger partial charge in [0.15, 0.2) is 0 Å². The fraction of sp³-hybridized carbons (Fsp3) is 0.625. The van der Waals surface area contributed by atoms with Gasteiger partial charge in [0.2, 0.25) is 5.91 Å². The molecule has 2 amide bonds. The SMILES string of the molecule is COCCNC(=O)CCN(C(=O)c1cc(C)oc1C)C1CC1. The lowest BCUT2D eigenvalue weighted by molar-refractivity contribution is -0.121. The first-order valence-electron chi connectivity index (χ1n) is 7.66. The minimum atomic E-state index is -0.0596. The Balaban J connectivity index is 1.91. The molecular weight excluding hydrogens is 284 g/mol. The Labute approximate surface area is 130 Å². The van der Waals surface area contributed by atoms with Crippen LogP contribution in [0.2, 0.25) is 0 Å². The van der Waals surface area contributed by atoms with Crippen LogP contribution in [0.4, 0.5) is 0 Å². The fourth-order valence-electron chi connectivity index (χ4n) is 2.44. The molecule has 1 aromatic rings. The molecule has 0 radical (unpaired) electrons. The number of nitrogens with one attached hydrogen (secondary N) is 1. The molecule has 0 spiro atoms. The predicted molar refractivity (Wildman–Crippen MR) is 81.7 cm³/mol. The number of furan rings is 1. The van der Waals surface area contributed by atoms with Gasteiger partial charge in [0.05, 0.1) is 12.2 Å². The molecule has 1 heterocycles. The number of aryl methyl sites for hydroxylation is 2. The van der Waals surface area contributed by atoms with E-state index in [2.05, 4.69) is 5.32 Å². The smallest absolute Gasteiger partial charge is 0.257 e. The van der Waals surface area contributed by atoms with Gasteiger partial charge in [0.25, 0.3) is 5.91 Å².